The molecular formula is C16H38N3OP. The molecule has 0 spiro atoms. The van der Waals surface area contributed by atoms with Crippen LogP contribution < -0.4 is 16.1 Å². The molecule has 0 saturated heterocycles. The van der Waals surface area contributed by atoms with Gasteiger partial charge in [0, 0.05) is 6.54 Å². The summed E-state index contributed by atoms with van der Waals surface area (Å²) in [5.74, 6) is 0. The lowest BCUT2D eigenvalue weighted by Crippen LogP contribution is -2.22. The number of nitrogens with one attached hydrogen (secondary N) is 1. The van der Waals surface area contributed by atoms with Crippen molar-refractivity contribution >= 4 is 7.59 Å². The van der Waals surface area contributed by atoms with E-state index in [-0.39, 0.29) is 0 Å². The molecule has 5 N–H and O–H groups in total. The first-order chi connectivity index (χ1) is 10.1. The summed E-state index contributed by atoms with van der Waals surface area (Å²) < 4.78 is 11.0. The maximum atomic E-state index is 11.0. The van der Waals surface area contributed by atoms with E-state index in [0.717, 1.165) is 6.42 Å². The van der Waals surface area contributed by atoms with Gasteiger partial charge in [-0.2, -0.15) is 0 Å². The van der Waals surface area contributed by atoms with Crippen molar-refractivity contribution in [3.05, 3.63) is 0 Å². The van der Waals surface area contributed by atoms with Gasteiger partial charge in [-0.25, -0.2) is 5.09 Å². The van der Waals surface area contributed by atoms with Crippen LogP contribution in [0.4, 0.5) is 0 Å². The van der Waals surface area contributed by atoms with Crippen LogP contribution in [0.25, 0.3) is 0 Å². The summed E-state index contributed by atoms with van der Waals surface area (Å²) in [5.41, 5.74) is 10.4. The predicted molar refractivity (Wildman–Crippen MR) is 94.3 cm³/mol. The summed E-state index contributed by atoms with van der Waals surface area (Å²) in [6, 6.07) is 0. The van der Waals surface area contributed by atoms with Crippen LogP contribution in [-0.4, -0.2) is 6.54 Å². The lowest BCUT2D eigenvalue weighted by Gasteiger charge is -2.08. The fourth-order valence-electron chi connectivity index (χ4n) is 2.57. The predicted octanol–water partition coefficient (Wildman–Crippen LogP) is 5.08. The summed E-state index contributed by atoms with van der Waals surface area (Å²) in [6.45, 7) is 2.94. The van der Waals surface area contributed by atoms with Gasteiger partial charge in [-0.3, -0.25) is 15.6 Å². The van der Waals surface area contributed by atoms with Gasteiger partial charge in [0.1, 0.15) is 0 Å². The van der Waals surface area contributed by atoms with Crippen LogP contribution in [0.1, 0.15) is 96.8 Å². The van der Waals surface area contributed by atoms with Crippen molar-refractivity contribution in [1.82, 2.24) is 5.09 Å². The van der Waals surface area contributed by atoms with Gasteiger partial charge < -0.3 is 0 Å². The van der Waals surface area contributed by atoms with Crippen molar-refractivity contribution < 1.29 is 4.57 Å². The average molecular weight is 319 g/mol. The van der Waals surface area contributed by atoms with Gasteiger partial charge in [0.25, 0.3) is 7.59 Å². The van der Waals surface area contributed by atoms with Crippen LogP contribution in [-0.2, 0) is 4.57 Å². The second-order valence-corrected chi connectivity index (χ2v) is 7.95. The van der Waals surface area contributed by atoms with Crippen molar-refractivity contribution in [2.45, 2.75) is 96.8 Å². The summed E-state index contributed by atoms with van der Waals surface area (Å²) in [7, 11) is -3.00. The third-order valence-electron chi connectivity index (χ3n) is 3.89. The monoisotopic (exact) mass is 319 g/mol. The zero-order valence-corrected chi connectivity index (χ0v) is 15.0. The quantitative estimate of drug-likeness (QED) is 0.273. The van der Waals surface area contributed by atoms with Crippen molar-refractivity contribution in [3.63, 3.8) is 0 Å². The van der Waals surface area contributed by atoms with Gasteiger partial charge in [-0.15, -0.1) is 0 Å². The SMILES string of the molecule is CCCCCCCCCCCCCCCCNP(N)(N)=O. The van der Waals surface area contributed by atoms with E-state index in [4.69, 9.17) is 11.0 Å². The zero-order valence-electron chi connectivity index (χ0n) is 14.1. The Bertz CT molecular complexity index is 256. The third-order valence-corrected chi connectivity index (χ3v) is 4.61. The molecule has 21 heavy (non-hydrogen) atoms. The third kappa shape index (κ3) is 20.1. The molecule has 0 fully saturated rings. The van der Waals surface area contributed by atoms with Gasteiger partial charge in [-0.1, -0.05) is 90.4 Å². The fourth-order valence-corrected chi connectivity index (χ4v) is 3.08. The lowest BCUT2D eigenvalue weighted by atomic mass is 10.0. The molecule has 0 atom stereocenters. The molecule has 0 aliphatic rings. The maximum absolute atomic E-state index is 11.0. The van der Waals surface area contributed by atoms with Gasteiger partial charge in [0.05, 0.1) is 0 Å². The van der Waals surface area contributed by atoms with Crippen molar-refractivity contribution in [1.29, 1.82) is 0 Å². The van der Waals surface area contributed by atoms with Gasteiger partial charge in [0.2, 0.25) is 0 Å². The molecule has 0 aromatic heterocycles. The number of rotatable bonds is 16. The van der Waals surface area contributed by atoms with Crippen molar-refractivity contribution in [2.75, 3.05) is 6.54 Å². The van der Waals surface area contributed by atoms with E-state index in [1.807, 2.05) is 0 Å². The minimum atomic E-state index is -3.00. The lowest BCUT2D eigenvalue weighted by molar-refractivity contribution is 0.533. The summed E-state index contributed by atoms with van der Waals surface area (Å²) in [6.07, 6.45) is 18.8. The first-order valence-electron chi connectivity index (χ1n) is 8.98. The Hall–Kier alpha value is 0.110. The molecular weight excluding hydrogens is 281 g/mol. The summed E-state index contributed by atoms with van der Waals surface area (Å²) in [5, 5.41) is 2.68. The molecule has 0 amide bonds. The van der Waals surface area contributed by atoms with E-state index < -0.39 is 7.59 Å². The Labute approximate surface area is 132 Å². The van der Waals surface area contributed by atoms with Crippen LogP contribution in [0.5, 0.6) is 0 Å². The highest BCUT2D eigenvalue weighted by molar-refractivity contribution is 7.56. The van der Waals surface area contributed by atoms with Crippen LogP contribution in [0.3, 0.4) is 0 Å². The number of nitrogens with two attached hydrogens (primary N) is 2. The second kappa shape index (κ2) is 15.0. The largest absolute Gasteiger partial charge is 0.273 e. The topological polar surface area (TPSA) is 81.1 Å². The van der Waals surface area contributed by atoms with E-state index >= 15 is 0 Å². The molecule has 0 rings (SSSR count). The van der Waals surface area contributed by atoms with Gasteiger partial charge >= 0.3 is 0 Å². The number of hydrogen-bond donors (Lipinski definition) is 3. The Balaban J connectivity index is 3.01. The molecule has 0 aliphatic heterocycles. The Morgan fingerprint density at radius 3 is 1.33 bits per heavy atom. The van der Waals surface area contributed by atoms with Gasteiger partial charge in [-0.05, 0) is 6.42 Å². The van der Waals surface area contributed by atoms with Crippen LogP contribution in [0.15, 0.2) is 0 Å². The Kier molecular flexibility index (Phi) is 15.1. The minimum Gasteiger partial charge on any atom is -0.271 e. The molecule has 0 aliphatic carbocycles. The average Bonchev–Trinajstić information content (AvgIpc) is 2.42. The zero-order chi connectivity index (χ0) is 15.8. The molecule has 0 bridgehead atoms. The van der Waals surface area contributed by atoms with E-state index in [1.54, 1.807) is 0 Å². The molecule has 0 saturated carbocycles. The second-order valence-electron chi connectivity index (χ2n) is 6.21. The van der Waals surface area contributed by atoms with Crippen molar-refractivity contribution in [2.24, 2.45) is 11.0 Å². The standard InChI is InChI=1S/C16H38N3OP/c1-2-3-4-5-6-7-8-9-10-11-12-13-14-15-16-19-21(17,18)20/h2-16H2,1H3,(H5,17,18,19,20). The van der Waals surface area contributed by atoms with Crippen LogP contribution in [0, 0.1) is 0 Å². The molecule has 0 aromatic rings. The highest BCUT2D eigenvalue weighted by atomic mass is 31.2. The van der Waals surface area contributed by atoms with Crippen LogP contribution >= 0.6 is 7.59 Å². The molecule has 128 valence electrons. The Morgan fingerprint density at radius 2 is 1.00 bits per heavy atom. The molecule has 5 heteroatoms. The Morgan fingerprint density at radius 1 is 0.667 bits per heavy atom. The maximum Gasteiger partial charge on any atom is 0.273 e. The summed E-state index contributed by atoms with van der Waals surface area (Å²) >= 11 is 0. The molecule has 0 aromatic carbocycles. The summed E-state index contributed by atoms with van der Waals surface area (Å²) in [4.78, 5) is 0. The normalized spacial score (nSPS) is 12.0. The minimum absolute atomic E-state index is 0.669. The first kappa shape index (κ1) is 21.1. The molecule has 0 unspecified atom stereocenters. The first-order valence-corrected chi connectivity index (χ1v) is 10.8. The number of unbranched alkanes of at least 4 members (excludes halogenated alkanes) is 13. The van der Waals surface area contributed by atoms with E-state index in [0.29, 0.717) is 6.54 Å². The molecule has 4 nitrogen and oxygen atoms in total. The van der Waals surface area contributed by atoms with Gasteiger partial charge in [0.15, 0.2) is 0 Å². The highest BCUT2D eigenvalue weighted by Gasteiger charge is 2.04. The van der Waals surface area contributed by atoms with Crippen LogP contribution in [0.2, 0.25) is 0 Å². The molecule has 0 heterocycles. The number of hydrogen-bond acceptors (Lipinski definition) is 1. The smallest absolute Gasteiger partial charge is 0.271 e. The van der Waals surface area contributed by atoms with E-state index in [1.165, 1.54) is 83.5 Å². The van der Waals surface area contributed by atoms with Crippen molar-refractivity contribution in [3.8, 4) is 0 Å². The molecule has 0 radical (unpaired) electrons. The van der Waals surface area contributed by atoms with E-state index in [9.17, 15) is 4.57 Å². The fraction of sp³-hybridized carbons (Fsp3) is 1.00. The van der Waals surface area contributed by atoms with E-state index in [2.05, 4.69) is 12.0 Å². The highest BCUT2D eigenvalue weighted by Crippen LogP contribution is 2.17.